The Balaban J connectivity index is 0.964. The zero-order valence-electron chi connectivity index (χ0n) is 23.3. The van der Waals surface area contributed by atoms with Crippen molar-refractivity contribution >= 4 is 0 Å². The van der Waals surface area contributed by atoms with Gasteiger partial charge >= 0.3 is 0 Å². The fourth-order valence-electron chi connectivity index (χ4n) is 9.13. The van der Waals surface area contributed by atoms with E-state index in [1.807, 2.05) is 0 Å². The van der Waals surface area contributed by atoms with Crippen LogP contribution in [0.15, 0.2) is 24.3 Å². The summed E-state index contributed by atoms with van der Waals surface area (Å²) in [4.78, 5) is 15.1. The number of rotatable bonds is 4. The predicted octanol–water partition coefficient (Wildman–Crippen LogP) is 7.06. The van der Waals surface area contributed by atoms with Gasteiger partial charge < -0.3 is 14.4 Å². The van der Waals surface area contributed by atoms with Crippen LogP contribution in [0.2, 0.25) is 0 Å². The fourth-order valence-corrected chi connectivity index (χ4v) is 9.13. The first kappa shape index (κ1) is 24.9. The van der Waals surface area contributed by atoms with Crippen LogP contribution in [0, 0.1) is 29.1 Å². The molecule has 2 atom stereocenters. The molecule has 37 heavy (non-hydrogen) atoms. The first-order valence-electron chi connectivity index (χ1n) is 15.3. The minimum absolute atomic E-state index is 0.328. The molecule has 0 aromatic heterocycles. The summed E-state index contributed by atoms with van der Waals surface area (Å²) < 4.78 is 13.4. The van der Waals surface area contributed by atoms with E-state index in [2.05, 4.69) is 49.9 Å². The van der Waals surface area contributed by atoms with Crippen molar-refractivity contribution in [2.45, 2.75) is 115 Å². The fraction of sp³-hybridized carbons (Fsp3) is 0.812. The number of ether oxygens (including phenoxy) is 2. The molecule has 0 unspecified atom stereocenters. The van der Waals surface area contributed by atoms with Crippen molar-refractivity contribution < 1.29 is 19.2 Å². The average molecular weight is 510 g/mol. The Labute approximate surface area is 223 Å². The van der Waals surface area contributed by atoms with Gasteiger partial charge in [-0.2, -0.15) is 9.78 Å². The zero-order valence-corrected chi connectivity index (χ0v) is 23.3. The van der Waals surface area contributed by atoms with E-state index in [9.17, 15) is 0 Å². The van der Waals surface area contributed by atoms with Gasteiger partial charge in [-0.15, -0.1) is 0 Å². The lowest BCUT2D eigenvalue weighted by Gasteiger charge is -2.57. The van der Waals surface area contributed by atoms with E-state index in [0.29, 0.717) is 29.3 Å². The Hall–Kier alpha value is -1.14. The Morgan fingerprint density at radius 1 is 0.892 bits per heavy atom. The van der Waals surface area contributed by atoms with Crippen LogP contribution in [0.4, 0.5) is 0 Å². The second-order valence-electron chi connectivity index (χ2n) is 14.7. The van der Waals surface area contributed by atoms with Crippen LogP contribution < -0.4 is 4.74 Å². The zero-order chi connectivity index (χ0) is 25.3. The van der Waals surface area contributed by atoms with Crippen molar-refractivity contribution in [2.24, 2.45) is 29.1 Å². The van der Waals surface area contributed by atoms with Crippen molar-refractivity contribution in [1.29, 1.82) is 0 Å². The largest absolute Gasteiger partial charge is 0.490 e. The van der Waals surface area contributed by atoms with Gasteiger partial charge in [-0.05, 0) is 98.7 Å². The lowest BCUT2D eigenvalue weighted by atomic mass is 9.53. The predicted molar refractivity (Wildman–Crippen MR) is 143 cm³/mol. The third-order valence-corrected chi connectivity index (χ3v) is 10.5. The average Bonchev–Trinajstić information content (AvgIpc) is 3.22. The minimum Gasteiger partial charge on any atom is -0.490 e. The molecule has 2 saturated heterocycles. The van der Waals surface area contributed by atoms with Crippen LogP contribution in [0.3, 0.4) is 0 Å². The third-order valence-electron chi connectivity index (χ3n) is 10.5. The van der Waals surface area contributed by atoms with Crippen molar-refractivity contribution in [3.8, 4) is 5.75 Å². The van der Waals surface area contributed by atoms with E-state index in [4.69, 9.17) is 19.2 Å². The number of hydrogen-bond donors (Lipinski definition) is 0. The van der Waals surface area contributed by atoms with Gasteiger partial charge in [0, 0.05) is 44.3 Å². The van der Waals surface area contributed by atoms with Crippen LogP contribution in [-0.2, 0) is 14.5 Å². The van der Waals surface area contributed by atoms with Gasteiger partial charge in [0.05, 0.1) is 0 Å². The summed E-state index contributed by atoms with van der Waals surface area (Å²) >= 11 is 0. The van der Waals surface area contributed by atoms with E-state index < -0.39 is 11.6 Å². The highest BCUT2D eigenvalue weighted by Crippen LogP contribution is 2.64. The Morgan fingerprint density at radius 2 is 1.57 bits per heavy atom. The molecule has 1 aromatic carbocycles. The first-order valence-corrected chi connectivity index (χ1v) is 15.3. The summed E-state index contributed by atoms with van der Waals surface area (Å²) in [5, 5.41) is 0. The van der Waals surface area contributed by atoms with Gasteiger partial charge in [0.1, 0.15) is 11.9 Å². The second-order valence-corrected chi connectivity index (χ2v) is 14.7. The highest BCUT2D eigenvalue weighted by atomic mass is 17.3. The molecule has 2 spiro atoms. The molecule has 8 rings (SSSR count). The van der Waals surface area contributed by atoms with Crippen molar-refractivity contribution in [2.75, 3.05) is 19.6 Å². The van der Waals surface area contributed by atoms with E-state index >= 15 is 0 Å². The Morgan fingerprint density at radius 3 is 2.22 bits per heavy atom. The van der Waals surface area contributed by atoms with Crippen LogP contribution >= 0.6 is 0 Å². The van der Waals surface area contributed by atoms with Crippen LogP contribution in [0.5, 0.6) is 5.75 Å². The second kappa shape index (κ2) is 9.21. The molecule has 204 valence electrons. The SMILES string of the molecule is CC(C)(C)CN1CCC(Oc2ccc([C@@H]3CCC[C@]4(C3)OOC3(O4)C4CC5CC(C4)CC3C5)cc2)CC1. The summed E-state index contributed by atoms with van der Waals surface area (Å²) in [5.74, 6) is 3.28. The van der Waals surface area contributed by atoms with Gasteiger partial charge in [-0.25, -0.2) is 0 Å². The normalized spacial score (nSPS) is 42.2. The molecular formula is C32H47NO4. The molecule has 2 aliphatic heterocycles. The summed E-state index contributed by atoms with van der Waals surface area (Å²) in [6, 6.07) is 8.93. The molecule has 5 nitrogen and oxygen atoms in total. The van der Waals surface area contributed by atoms with Crippen molar-refractivity contribution in [3.63, 3.8) is 0 Å². The first-order chi connectivity index (χ1) is 17.8. The minimum atomic E-state index is -0.561. The lowest BCUT2D eigenvalue weighted by molar-refractivity contribution is -0.390. The molecule has 1 aromatic rings. The Kier molecular flexibility index (Phi) is 6.19. The van der Waals surface area contributed by atoms with E-state index in [0.717, 1.165) is 62.8 Å². The molecule has 7 fully saturated rings. The summed E-state index contributed by atoms with van der Waals surface area (Å²) in [7, 11) is 0. The maximum absolute atomic E-state index is 7.00. The number of nitrogens with zero attached hydrogens (tertiary/aromatic N) is 1. The maximum atomic E-state index is 7.00. The standard InChI is InChI=1S/C32H47NO4/c1-30(2,3)21-33-13-10-29(11-14-33)34-28-8-6-24(7-9-28)25-5-4-12-31(20-25)35-32(37-36-31)26-16-22-15-23(18-26)19-27(32)17-22/h6-9,22-23,25-27,29H,4-5,10-21H2,1-3H3/t22?,23?,25-,26?,27?,31-,32?/m1/s1. The van der Waals surface area contributed by atoms with Crippen LogP contribution in [0.25, 0.3) is 0 Å². The lowest BCUT2D eigenvalue weighted by Crippen LogP contribution is -2.59. The Bertz CT molecular complexity index is 934. The highest BCUT2D eigenvalue weighted by Gasteiger charge is 2.67. The number of likely N-dealkylation sites (tertiary alicyclic amines) is 1. The van der Waals surface area contributed by atoms with Gasteiger partial charge in [0.25, 0.3) is 0 Å². The molecule has 2 heterocycles. The van der Waals surface area contributed by atoms with E-state index in [-0.39, 0.29) is 0 Å². The molecule has 4 bridgehead atoms. The van der Waals surface area contributed by atoms with E-state index in [1.54, 1.807) is 0 Å². The van der Waals surface area contributed by atoms with Crippen LogP contribution in [-0.4, -0.2) is 42.2 Å². The summed E-state index contributed by atoms with van der Waals surface area (Å²) in [6.07, 6.45) is 13.2. The highest BCUT2D eigenvalue weighted by molar-refractivity contribution is 5.30. The monoisotopic (exact) mass is 509 g/mol. The topological polar surface area (TPSA) is 40.2 Å². The molecule has 5 saturated carbocycles. The molecule has 5 heteroatoms. The smallest absolute Gasteiger partial charge is 0.210 e. The quantitative estimate of drug-likeness (QED) is 0.406. The molecule has 7 aliphatic rings. The molecule has 0 N–H and O–H groups in total. The third kappa shape index (κ3) is 4.77. The van der Waals surface area contributed by atoms with Gasteiger partial charge in [0.15, 0.2) is 0 Å². The van der Waals surface area contributed by atoms with Crippen LogP contribution in [0.1, 0.15) is 103 Å². The number of hydrogen-bond acceptors (Lipinski definition) is 5. The number of piperidine rings is 1. The van der Waals surface area contributed by atoms with Gasteiger partial charge in [-0.3, -0.25) is 0 Å². The summed E-state index contributed by atoms with van der Waals surface area (Å²) in [5.41, 5.74) is 1.74. The molecule has 0 radical (unpaired) electrons. The molecule has 5 aliphatic carbocycles. The maximum Gasteiger partial charge on any atom is 0.210 e. The van der Waals surface area contributed by atoms with Gasteiger partial charge in [-0.1, -0.05) is 32.9 Å². The summed E-state index contributed by atoms with van der Waals surface area (Å²) in [6.45, 7) is 10.4. The van der Waals surface area contributed by atoms with Crippen molar-refractivity contribution in [1.82, 2.24) is 4.90 Å². The number of benzene rings is 1. The van der Waals surface area contributed by atoms with Crippen molar-refractivity contribution in [3.05, 3.63) is 29.8 Å². The molecule has 0 amide bonds. The van der Waals surface area contributed by atoms with E-state index in [1.165, 1.54) is 50.6 Å². The molecular weight excluding hydrogens is 462 g/mol. The van der Waals surface area contributed by atoms with Gasteiger partial charge in [0.2, 0.25) is 11.6 Å².